The molecule has 0 N–H and O–H groups in total. The third-order valence-corrected chi connectivity index (χ3v) is 0.644. The monoisotopic (exact) mass is 288 g/mol. The molecule has 16 heavy (non-hydrogen) atoms. The van der Waals surface area contributed by atoms with Crippen LogP contribution in [0.3, 0.4) is 0 Å². The van der Waals surface area contributed by atoms with Crippen LogP contribution in [0.4, 0.5) is 0 Å². The van der Waals surface area contributed by atoms with E-state index in [2.05, 4.69) is 0 Å². The molecule has 0 unspecified atom stereocenters. The number of nitrogens with zero attached hydrogens (tertiary/aromatic N) is 2. The molecule has 0 amide bonds. The number of unbranched alkanes of at least 4 members (excludes halogenated alkanes) is 2. The van der Waals surface area contributed by atoms with Crippen molar-refractivity contribution in [3.8, 4) is 0 Å². The molecular weight excluding hydrogens is 281 g/mol. The molecule has 0 aliphatic carbocycles. The Morgan fingerprint density at radius 3 is 1.12 bits per heavy atom. The number of aldehydes is 2. The predicted octanol–water partition coefficient (Wildman–Crippen LogP) is 0.0738. The van der Waals surface area contributed by atoms with Crippen LogP contribution in [0.25, 0.3) is 0 Å². The summed E-state index contributed by atoms with van der Waals surface area (Å²) in [4.78, 5) is 35.6. The zero-order chi connectivity index (χ0) is 12.7. The fourth-order valence-corrected chi connectivity index (χ4v) is 0.285. The molecule has 0 heterocycles. The van der Waals surface area contributed by atoms with Gasteiger partial charge in [-0.2, -0.15) is 0 Å². The first-order valence-corrected chi connectivity index (χ1v) is 3.38. The summed E-state index contributed by atoms with van der Waals surface area (Å²) < 4.78 is 0. The van der Waals surface area contributed by atoms with Crippen molar-refractivity contribution in [2.45, 2.75) is 19.3 Å². The molecule has 0 aromatic rings. The number of hydrogen-bond donors (Lipinski definition) is 0. The number of carbonyl (C=O) groups excluding carboxylic acids is 2. The Labute approximate surface area is 102 Å². The second-order valence-corrected chi connectivity index (χ2v) is 1.71. The predicted molar refractivity (Wildman–Crippen MR) is 46.7 cm³/mol. The molecule has 0 aliphatic heterocycles. The van der Waals surface area contributed by atoms with Crippen LogP contribution in [0.1, 0.15) is 19.3 Å². The minimum Gasteiger partial charge on any atom is -0.356 e. The van der Waals surface area contributed by atoms with Gasteiger partial charge in [0.1, 0.15) is 12.6 Å². The minimum atomic E-state index is -1.75. The maximum Gasteiger partial charge on any atom is 2.00 e. The Morgan fingerprint density at radius 1 is 0.812 bits per heavy atom. The van der Waals surface area contributed by atoms with E-state index in [-0.39, 0.29) is 19.5 Å². The van der Waals surface area contributed by atoms with E-state index >= 15 is 0 Å². The summed E-state index contributed by atoms with van der Waals surface area (Å²) in [5.41, 5.74) is 0. The first-order chi connectivity index (χ1) is 6.88. The van der Waals surface area contributed by atoms with Gasteiger partial charge in [-0.3, -0.25) is 0 Å². The van der Waals surface area contributed by atoms with Crippen molar-refractivity contribution in [3.05, 3.63) is 30.6 Å². The van der Waals surface area contributed by atoms with Crippen LogP contribution in [0, 0.1) is 30.6 Å². The summed E-state index contributed by atoms with van der Waals surface area (Å²) >= 11 is 0. The number of rotatable bonds is 4. The molecule has 0 atom stereocenters. The normalized spacial score (nSPS) is 6.50. The van der Waals surface area contributed by atoms with Gasteiger partial charge in [0, 0.05) is 12.8 Å². The van der Waals surface area contributed by atoms with Gasteiger partial charge in [0.2, 0.25) is 0 Å². The third kappa shape index (κ3) is 286. The van der Waals surface area contributed by atoms with E-state index in [1.165, 1.54) is 0 Å². The van der Waals surface area contributed by atoms with Gasteiger partial charge in [-0.1, -0.05) is 0 Å². The average Bonchev–Trinajstić information content (AvgIpc) is 2.03. The fraction of sp³-hybridized carbons (Fsp3) is 0.600. The molecule has 0 saturated heterocycles. The molecule has 0 aliphatic rings. The van der Waals surface area contributed by atoms with Crippen molar-refractivity contribution >= 4 is 12.6 Å². The van der Waals surface area contributed by atoms with Crippen molar-refractivity contribution in [1.29, 1.82) is 0 Å². The van der Waals surface area contributed by atoms with Crippen LogP contribution in [-0.2, 0) is 29.1 Å². The minimum absolute atomic E-state index is 0. The molecule has 0 rings (SSSR count). The van der Waals surface area contributed by atoms with Crippen molar-refractivity contribution in [3.63, 3.8) is 0 Å². The maximum absolute atomic E-state index is 9.56. The zero-order valence-corrected chi connectivity index (χ0v) is 11.1. The van der Waals surface area contributed by atoms with E-state index in [1.54, 1.807) is 0 Å². The van der Waals surface area contributed by atoms with Gasteiger partial charge in [-0.25, -0.2) is 0 Å². The summed E-state index contributed by atoms with van der Waals surface area (Å²) in [7, 11) is 0. The Balaban J connectivity index is -0.0000000700. The van der Waals surface area contributed by atoms with Crippen molar-refractivity contribution in [1.82, 2.24) is 0 Å². The Kier molecular flexibility index (Phi) is 34.8. The SMILES string of the molecule is O=CCCCC=O.O=[N+]([O-])[O-].O=[N+]([O-])[O-].[Zn+2]. The molecule has 10 nitrogen and oxygen atoms in total. The van der Waals surface area contributed by atoms with Gasteiger partial charge in [0.25, 0.3) is 0 Å². The van der Waals surface area contributed by atoms with Gasteiger partial charge in [-0.05, 0) is 6.42 Å². The summed E-state index contributed by atoms with van der Waals surface area (Å²) in [5, 5.41) is 29.5. The molecule has 0 spiro atoms. The van der Waals surface area contributed by atoms with E-state index in [9.17, 15) is 9.59 Å². The van der Waals surface area contributed by atoms with E-state index in [0.29, 0.717) is 19.3 Å². The van der Waals surface area contributed by atoms with Crippen molar-refractivity contribution < 1.29 is 39.2 Å². The zero-order valence-electron chi connectivity index (χ0n) is 8.14. The molecule has 0 aromatic carbocycles. The molecule has 0 saturated carbocycles. The summed E-state index contributed by atoms with van der Waals surface area (Å²) in [5.74, 6) is 0. The topological polar surface area (TPSA) is 167 Å². The fourth-order valence-electron chi connectivity index (χ4n) is 0.285. The number of carbonyl (C=O) groups is 2. The second kappa shape index (κ2) is 23.3. The molecule has 0 aromatic heterocycles. The molecule has 0 fully saturated rings. The molecule has 0 bridgehead atoms. The maximum atomic E-state index is 9.56. The summed E-state index contributed by atoms with van der Waals surface area (Å²) in [6, 6.07) is 0. The molecular formula is C5H8N2O8Zn. The Bertz CT molecular complexity index is 171. The standard InChI is InChI=1S/C5H8O2.2NO3.Zn/c6-4-2-1-3-5-7;2*2-1(3)4;/h4-5H,1-3H2;;;/q;2*-1;+2. The third-order valence-electron chi connectivity index (χ3n) is 0.644. The number of hydrogen-bond acceptors (Lipinski definition) is 8. The van der Waals surface area contributed by atoms with Gasteiger partial charge in [0.15, 0.2) is 0 Å². The van der Waals surface area contributed by atoms with Gasteiger partial charge < -0.3 is 40.2 Å². The van der Waals surface area contributed by atoms with Crippen molar-refractivity contribution in [2.24, 2.45) is 0 Å². The van der Waals surface area contributed by atoms with Crippen LogP contribution >= 0.6 is 0 Å². The average molecular weight is 290 g/mol. The Hall–Kier alpha value is -1.64. The first kappa shape index (κ1) is 23.9. The van der Waals surface area contributed by atoms with Crippen LogP contribution in [-0.4, -0.2) is 22.7 Å². The molecule has 88 valence electrons. The van der Waals surface area contributed by atoms with E-state index in [4.69, 9.17) is 30.6 Å². The smallest absolute Gasteiger partial charge is 0.356 e. The van der Waals surface area contributed by atoms with Gasteiger partial charge in [-0.15, -0.1) is 0 Å². The summed E-state index contributed by atoms with van der Waals surface area (Å²) in [6.45, 7) is 0. The molecule has 0 radical (unpaired) electrons. The van der Waals surface area contributed by atoms with Crippen molar-refractivity contribution in [2.75, 3.05) is 0 Å². The van der Waals surface area contributed by atoms with Crippen LogP contribution < -0.4 is 0 Å². The largest absolute Gasteiger partial charge is 2.00 e. The van der Waals surface area contributed by atoms with Gasteiger partial charge in [0.05, 0.1) is 10.2 Å². The first-order valence-electron chi connectivity index (χ1n) is 3.38. The van der Waals surface area contributed by atoms with E-state index in [0.717, 1.165) is 12.6 Å². The van der Waals surface area contributed by atoms with Crippen LogP contribution in [0.15, 0.2) is 0 Å². The summed E-state index contributed by atoms with van der Waals surface area (Å²) in [6.07, 6.45) is 3.37. The van der Waals surface area contributed by atoms with E-state index < -0.39 is 10.2 Å². The second-order valence-electron chi connectivity index (χ2n) is 1.71. The van der Waals surface area contributed by atoms with Gasteiger partial charge >= 0.3 is 19.5 Å². The van der Waals surface area contributed by atoms with Crippen LogP contribution in [0.2, 0.25) is 0 Å². The van der Waals surface area contributed by atoms with E-state index in [1.807, 2.05) is 0 Å². The Morgan fingerprint density at radius 2 is 1.00 bits per heavy atom. The van der Waals surface area contributed by atoms with Crippen LogP contribution in [0.5, 0.6) is 0 Å². The quantitative estimate of drug-likeness (QED) is 0.230. The molecule has 11 heteroatoms.